The molecule has 2 N–H and O–H groups in total. The van der Waals surface area contributed by atoms with Gasteiger partial charge >= 0.3 is 5.97 Å². The summed E-state index contributed by atoms with van der Waals surface area (Å²) in [4.78, 5) is 11.8. The van der Waals surface area contributed by atoms with Gasteiger partial charge < -0.3 is 5.11 Å². The number of nitrogens with one attached hydrogen (secondary N) is 1. The standard InChI is InChI=1S/C9H13NO2S/c1-2-8(9(11)12)10-6-7-4-3-5-13-7/h3-5,8,10H,2,6H2,1H3,(H,11,12). The van der Waals surface area contributed by atoms with Crippen LogP contribution >= 0.6 is 11.3 Å². The summed E-state index contributed by atoms with van der Waals surface area (Å²) >= 11 is 1.63. The SMILES string of the molecule is CCC(NCc1cccs1)C(=O)O. The van der Waals surface area contributed by atoms with Gasteiger partial charge in [0.1, 0.15) is 6.04 Å². The van der Waals surface area contributed by atoms with Gasteiger partial charge in [0, 0.05) is 11.4 Å². The van der Waals surface area contributed by atoms with E-state index >= 15 is 0 Å². The molecule has 1 aromatic heterocycles. The summed E-state index contributed by atoms with van der Waals surface area (Å²) in [7, 11) is 0. The van der Waals surface area contributed by atoms with E-state index in [-0.39, 0.29) is 0 Å². The molecule has 0 saturated carbocycles. The zero-order chi connectivity index (χ0) is 9.68. The van der Waals surface area contributed by atoms with Crippen molar-refractivity contribution in [3.8, 4) is 0 Å². The molecule has 0 aliphatic carbocycles. The largest absolute Gasteiger partial charge is 0.480 e. The normalized spacial score (nSPS) is 12.7. The quantitative estimate of drug-likeness (QED) is 0.759. The van der Waals surface area contributed by atoms with Gasteiger partial charge in [-0.2, -0.15) is 0 Å². The maximum absolute atomic E-state index is 10.6. The van der Waals surface area contributed by atoms with E-state index in [0.29, 0.717) is 13.0 Å². The van der Waals surface area contributed by atoms with Crippen molar-refractivity contribution in [2.75, 3.05) is 0 Å². The first-order valence-corrected chi connectivity index (χ1v) is 5.10. The number of thiophene rings is 1. The van der Waals surface area contributed by atoms with Gasteiger partial charge in [-0.1, -0.05) is 13.0 Å². The van der Waals surface area contributed by atoms with Crippen molar-refractivity contribution < 1.29 is 9.90 Å². The summed E-state index contributed by atoms with van der Waals surface area (Å²) in [6, 6.07) is 3.53. The van der Waals surface area contributed by atoms with E-state index in [1.54, 1.807) is 11.3 Å². The van der Waals surface area contributed by atoms with Gasteiger partial charge in [-0.15, -0.1) is 11.3 Å². The third-order valence-corrected chi connectivity index (χ3v) is 2.69. The molecule has 0 radical (unpaired) electrons. The van der Waals surface area contributed by atoms with Crippen LogP contribution < -0.4 is 5.32 Å². The fraction of sp³-hybridized carbons (Fsp3) is 0.444. The van der Waals surface area contributed by atoms with Crippen molar-refractivity contribution >= 4 is 17.3 Å². The van der Waals surface area contributed by atoms with Gasteiger partial charge in [0.15, 0.2) is 0 Å². The van der Waals surface area contributed by atoms with Gasteiger partial charge in [-0.25, -0.2) is 0 Å². The lowest BCUT2D eigenvalue weighted by molar-refractivity contribution is -0.139. The third-order valence-electron chi connectivity index (χ3n) is 1.81. The Morgan fingerprint density at radius 2 is 2.54 bits per heavy atom. The smallest absolute Gasteiger partial charge is 0.320 e. The summed E-state index contributed by atoms with van der Waals surface area (Å²) in [5.41, 5.74) is 0. The second-order valence-corrected chi connectivity index (χ2v) is 3.79. The lowest BCUT2D eigenvalue weighted by atomic mass is 10.2. The van der Waals surface area contributed by atoms with Gasteiger partial charge in [-0.05, 0) is 17.9 Å². The number of carboxylic acids is 1. The van der Waals surface area contributed by atoms with Crippen LogP contribution in [0, 0.1) is 0 Å². The Morgan fingerprint density at radius 3 is 3.00 bits per heavy atom. The molecule has 1 heterocycles. The van der Waals surface area contributed by atoms with Gasteiger partial charge in [-0.3, -0.25) is 10.1 Å². The fourth-order valence-corrected chi connectivity index (χ4v) is 1.70. The highest BCUT2D eigenvalue weighted by molar-refractivity contribution is 7.09. The molecule has 1 unspecified atom stereocenters. The molecular formula is C9H13NO2S. The van der Waals surface area contributed by atoms with Crippen LogP contribution in [0.4, 0.5) is 0 Å². The average Bonchev–Trinajstić information content (AvgIpc) is 2.57. The summed E-state index contributed by atoms with van der Waals surface area (Å²) in [6.07, 6.45) is 0.612. The second kappa shape index (κ2) is 4.99. The molecule has 0 amide bonds. The van der Waals surface area contributed by atoms with Crippen LogP contribution in [0.5, 0.6) is 0 Å². The van der Waals surface area contributed by atoms with Crippen molar-refractivity contribution in [2.45, 2.75) is 25.9 Å². The maximum Gasteiger partial charge on any atom is 0.320 e. The Hall–Kier alpha value is -0.870. The lowest BCUT2D eigenvalue weighted by Gasteiger charge is -2.10. The molecule has 0 saturated heterocycles. The molecule has 72 valence electrons. The topological polar surface area (TPSA) is 49.3 Å². The molecule has 4 heteroatoms. The molecule has 0 aromatic carbocycles. The summed E-state index contributed by atoms with van der Waals surface area (Å²) in [5.74, 6) is -0.779. The molecule has 13 heavy (non-hydrogen) atoms. The number of carbonyl (C=O) groups is 1. The Labute approximate surface area is 81.4 Å². The maximum atomic E-state index is 10.6. The highest BCUT2D eigenvalue weighted by atomic mass is 32.1. The molecule has 1 aromatic rings. The van der Waals surface area contributed by atoms with Crippen molar-refractivity contribution in [3.63, 3.8) is 0 Å². The van der Waals surface area contributed by atoms with E-state index in [1.807, 2.05) is 24.4 Å². The fourth-order valence-electron chi connectivity index (χ4n) is 1.04. The number of aliphatic carboxylic acids is 1. The predicted molar refractivity (Wildman–Crippen MR) is 52.9 cm³/mol. The number of rotatable bonds is 5. The molecule has 3 nitrogen and oxygen atoms in total. The molecule has 1 atom stereocenters. The Kier molecular flexibility index (Phi) is 3.92. The number of hydrogen-bond acceptors (Lipinski definition) is 3. The van der Waals surface area contributed by atoms with Crippen LogP contribution in [0.25, 0.3) is 0 Å². The minimum absolute atomic E-state index is 0.429. The van der Waals surface area contributed by atoms with E-state index in [4.69, 9.17) is 5.11 Å². The van der Waals surface area contributed by atoms with E-state index in [0.717, 1.165) is 0 Å². The Bertz CT molecular complexity index is 259. The molecule has 0 aliphatic heterocycles. The molecule has 0 spiro atoms. The van der Waals surface area contributed by atoms with Crippen LogP contribution in [0.3, 0.4) is 0 Å². The highest BCUT2D eigenvalue weighted by Gasteiger charge is 2.13. The number of hydrogen-bond donors (Lipinski definition) is 2. The number of carboxylic acid groups (broad SMARTS) is 1. The van der Waals surface area contributed by atoms with Crippen LogP contribution in [-0.2, 0) is 11.3 Å². The average molecular weight is 199 g/mol. The van der Waals surface area contributed by atoms with Gasteiger partial charge in [0.2, 0.25) is 0 Å². The zero-order valence-corrected chi connectivity index (χ0v) is 8.30. The van der Waals surface area contributed by atoms with Crippen LogP contribution in [-0.4, -0.2) is 17.1 Å². The summed E-state index contributed by atoms with van der Waals surface area (Å²) < 4.78 is 0. The Morgan fingerprint density at radius 1 is 1.77 bits per heavy atom. The highest BCUT2D eigenvalue weighted by Crippen LogP contribution is 2.08. The first-order valence-electron chi connectivity index (χ1n) is 4.22. The van der Waals surface area contributed by atoms with E-state index in [2.05, 4.69) is 5.32 Å². The molecule has 1 rings (SSSR count). The third kappa shape index (κ3) is 3.16. The molecule has 0 bridgehead atoms. The van der Waals surface area contributed by atoms with E-state index < -0.39 is 12.0 Å². The van der Waals surface area contributed by atoms with Crippen molar-refractivity contribution in [1.82, 2.24) is 5.32 Å². The van der Waals surface area contributed by atoms with Crippen LogP contribution in [0.15, 0.2) is 17.5 Å². The van der Waals surface area contributed by atoms with E-state index in [1.165, 1.54) is 4.88 Å². The van der Waals surface area contributed by atoms with Crippen molar-refractivity contribution in [2.24, 2.45) is 0 Å². The lowest BCUT2D eigenvalue weighted by Crippen LogP contribution is -2.35. The summed E-state index contributed by atoms with van der Waals surface area (Å²) in [6.45, 7) is 2.50. The van der Waals surface area contributed by atoms with Gasteiger partial charge in [0.25, 0.3) is 0 Å². The van der Waals surface area contributed by atoms with E-state index in [9.17, 15) is 4.79 Å². The zero-order valence-electron chi connectivity index (χ0n) is 7.49. The molecule has 0 fully saturated rings. The van der Waals surface area contributed by atoms with Crippen LogP contribution in [0.2, 0.25) is 0 Å². The monoisotopic (exact) mass is 199 g/mol. The minimum Gasteiger partial charge on any atom is -0.480 e. The second-order valence-electron chi connectivity index (χ2n) is 2.76. The Balaban J connectivity index is 2.36. The molecular weight excluding hydrogens is 186 g/mol. The summed E-state index contributed by atoms with van der Waals surface area (Å²) in [5, 5.41) is 13.7. The molecule has 0 aliphatic rings. The van der Waals surface area contributed by atoms with Crippen molar-refractivity contribution in [1.29, 1.82) is 0 Å². The van der Waals surface area contributed by atoms with Crippen LogP contribution in [0.1, 0.15) is 18.2 Å². The predicted octanol–water partition coefficient (Wildman–Crippen LogP) is 1.70. The first kappa shape index (κ1) is 10.2. The minimum atomic E-state index is -0.779. The first-order chi connectivity index (χ1) is 6.24. The van der Waals surface area contributed by atoms with Crippen molar-refractivity contribution in [3.05, 3.63) is 22.4 Å². The van der Waals surface area contributed by atoms with Gasteiger partial charge in [0.05, 0.1) is 0 Å².